The average molecular weight is 241 g/mol. The van der Waals surface area contributed by atoms with Crippen molar-refractivity contribution in [3.63, 3.8) is 0 Å². The number of hydrogen-bond acceptors (Lipinski definition) is 1. The van der Waals surface area contributed by atoms with E-state index >= 15 is 0 Å². The predicted octanol–water partition coefficient (Wildman–Crippen LogP) is 4.70. The van der Waals surface area contributed by atoms with Crippen LogP contribution in [0.1, 0.15) is 25.3 Å². The van der Waals surface area contributed by atoms with Crippen molar-refractivity contribution in [1.29, 1.82) is 0 Å². The number of allylic oxidation sites excluding steroid dienone is 1. The number of thioether (sulfide) groups is 1. The van der Waals surface area contributed by atoms with Gasteiger partial charge in [-0.2, -0.15) is 0 Å². The molecule has 1 aromatic rings. The minimum absolute atomic E-state index is 0.604. The van der Waals surface area contributed by atoms with Crippen molar-refractivity contribution >= 4 is 23.4 Å². The standard InChI is InChI=1S/C13H17ClS/c1-11(2)12-5-7-13(8-6-12)15-10-4-3-9-14/h3-8,11H,9-10H2,1-2H3. The summed E-state index contributed by atoms with van der Waals surface area (Å²) in [6.45, 7) is 4.43. The third-order valence-corrected chi connectivity index (χ3v) is 3.29. The molecule has 0 fully saturated rings. The van der Waals surface area contributed by atoms with E-state index in [1.165, 1.54) is 10.5 Å². The second-order valence-corrected chi connectivity index (χ2v) is 5.06. The van der Waals surface area contributed by atoms with Gasteiger partial charge < -0.3 is 0 Å². The molecule has 0 saturated heterocycles. The fraction of sp³-hybridized carbons (Fsp3) is 0.385. The Balaban J connectivity index is 2.46. The molecule has 1 rings (SSSR count). The van der Waals surface area contributed by atoms with E-state index in [0.717, 1.165) is 5.75 Å². The van der Waals surface area contributed by atoms with Crippen LogP contribution in [0.15, 0.2) is 41.3 Å². The van der Waals surface area contributed by atoms with Gasteiger partial charge in [-0.1, -0.05) is 38.1 Å². The molecule has 0 heterocycles. The molecule has 0 aliphatic rings. The second kappa shape index (κ2) is 6.97. The van der Waals surface area contributed by atoms with Crippen LogP contribution >= 0.6 is 23.4 Å². The molecule has 0 unspecified atom stereocenters. The van der Waals surface area contributed by atoms with Crippen LogP contribution in [0.25, 0.3) is 0 Å². The van der Waals surface area contributed by atoms with Crippen LogP contribution in [0.2, 0.25) is 0 Å². The Kier molecular flexibility index (Phi) is 5.89. The summed E-state index contributed by atoms with van der Waals surface area (Å²) >= 11 is 7.38. The van der Waals surface area contributed by atoms with Gasteiger partial charge in [0.25, 0.3) is 0 Å². The van der Waals surface area contributed by atoms with Crippen LogP contribution in [0.4, 0.5) is 0 Å². The first-order chi connectivity index (χ1) is 7.24. The highest BCUT2D eigenvalue weighted by molar-refractivity contribution is 7.99. The van der Waals surface area contributed by atoms with Gasteiger partial charge in [0, 0.05) is 16.5 Å². The monoisotopic (exact) mass is 240 g/mol. The molecule has 0 saturated carbocycles. The lowest BCUT2D eigenvalue weighted by Gasteiger charge is -2.05. The van der Waals surface area contributed by atoms with Gasteiger partial charge in [0.15, 0.2) is 0 Å². The number of alkyl halides is 1. The van der Waals surface area contributed by atoms with E-state index in [1.54, 1.807) is 0 Å². The van der Waals surface area contributed by atoms with Crippen molar-refractivity contribution in [2.75, 3.05) is 11.6 Å². The molecular weight excluding hydrogens is 224 g/mol. The van der Waals surface area contributed by atoms with Gasteiger partial charge in [0.1, 0.15) is 0 Å². The van der Waals surface area contributed by atoms with Crippen LogP contribution in [0, 0.1) is 0 Å². The maximum absolute atomic E-state index is 5.54. The number of benzene rings is 1. The van der Waals surface area contributed by atoms with E-state index < -0.39 is 0 Å². The first kappa shape index (κ1) is 12.7. The Labute approximate surface area is 102 Å². The third kappa shape index (κ3) is 4.76. The molecule has 82 valence electrons. The highest BCUT2D eigenvalue weighted by atomic mass is 35.5. The Bertz CT molecular complexity index is 301. The number of hydrogen-bond donors (Lipinski definition) is 0. The Hall–Kier alpha value is -0.400. The lowest BCUT2D eigenvalue weighted by molar-refractivity contribution is 0.865. The zero-order valence-corrected chi connectivity index (χ0v) is 10.8. The van der Waals surface area contributed by atoms with Crippen LogP contribution < -0.4 is 0 Å². The van der Waals surface area contributed by atoms with Gasteiger partial charge in [-0.25, -0.2) is 0 Å². The minimum atomic E-state index is 0.604. The fourth-order valence-corrected chi connectivity index (χ4v) is 2.10. The van der Waals surface area contributed by atoms with Crippen molar-refractivity contribution < 1.29 is 0 Å². The van der Waals surface area contributed by atoms with Crippen LogP contribution in [-0.4, -0.2) is 11.6 Å². The van der Waals surface area contributed by atoms with E-state index in [-0.39, 0.29) is 0 Å². The van der Waals surface area contributed by atoms with Gasteiger partial charge in [0.2, 0.25) is 0 Å². The molecule has 1 aromatic carbocycles. The topological polar surface area (TPSA) is 0 Å². The fourth-order valence-electron chi connectivity index (χ4n) is 1.22. The molecule has 0 radical (unpaired) electrons. The molecule has 0 spiro atoms. The van der Waals surface area contributed by atoms with Crippen molar-refractivity contribution in [2.45, 2.75) is 24.7 Å². The first-order valence-corrected chi connectivity index (χ1v) is 6.69. The van der Waals surface area contributed by atoms with Gasteiger partial charge >= 0.3 is 0 Å². The molecule has 2 heteroatoms. The molecular formula is C13H17ClS. The SMILES string of the molecule is CC(C)c1ccc(SCC=CCCl)cc1. The summed E-state index contributed by atoms with van der Waals surface area (Å²) in [6, 6.07) is 8.79. The van der Waals surface area contributed by atoms with Gasteiger partial charge in [-0.05, 0) is 23.6 Å². The smallest absolute Gasteiger partial charge is 0.0404 e. The Morgan fingerprint density at radius 3 is 2.40 bits per heavy atom. The lowest BCUT2D eigenvalue weighted by Crippen LogP contribution is -1.85. The van der Waals surface area contributed by atoms with E-state index in [4.69, 9.17) is 11.6 Å². The summed E-state index contributed by atoms with van der Waals surface area (Å²) in [7, 11) is 0. The first-order valence-electron chi connectivity index (χ1n) is 5.17. The van der Waals surface area contributed by atoms with Crippen molar-refractivity contribution in [3.8, 4) is 0 Å². The minimum Gasteiger partial charge on any atom is -0.122 e. The van der Waals surface area contributed by atoms with E-state index in [9.17, 15) is 0 Å². The van der Waals surface area contributed by atoms with Gasteiger partial charge in [0.05, 0.1) is 0 Å². The molecule has 0 aromatic heterocycles. The Morgan fingerprint density at radius 1 is 1.20 bits per heavy atom. The molecule has 0 bridgehead atoms. The van der Waals surface area contributed by atoms with Crippen molar-refractivity contribution in [2.24, 2.45) is 0 Å². The van der Waals surface area contributed by atoms with E-state index in [1.807, 2.05) is 17.8 Å². The summed E-state index contributed by atoms with van der Waals surface area (Å²) in [5.41, 5.74) is 1.40. The molecule has 0 atom stereocenters. The number of rotatable bonds is 5. The zero-order chi connectivity index (χ0) is 11.1. The van der Waals surface area contributed by atoms with Gasteiger partial charge in [-0.3, -0.25) is 0 Å². The summed E-state index contributed by atoms with van der Waals surface area (Å²) in [6.07, 6.45) is 4.09. The summed E-state index contributed by atoms with van der Waals surface area (Å²) < 4.78 is 0. The van der Waals surface area contributed by atoms with Crippen molar-refractivity contribution in [1.82, 2.24) is 0 Å². The third-order valence-electron chi connectivity index (χ3n) is 2.15. The van der Waals surface area contributed by atoms with Crippen LogP contribution in [0.3, 0.4) is 0 Å². The predicted molar refractivity (Wildman–Crippen MR) is 71.1 cm³/mol. The quantitative estimate of drug-likeness (QED) is 0.409. The average Bonchev–Trinajstić information content (AvgIpc) is 2.25. The maximum Gasteiger partial charge on any atom is 0.0404 e. The molecule has 0 N–H and O–H groups in total. The molecule has 0 aliphatic carbocycles. The number of halogens is 1. The normalized spacial score (nSPS) is 11.5. The van der Waals surface area contributed by atoms with Crippen LogP contribution in [-0.2, 0) is 0 Å². The van der Waals surface area contributed by atoms with E-state index in [2.05, 4.69) is 44.2 Å². The zero-order valence-electron chi connectivity index (χ0n) is 9.24. The lowest BCUT2D eigenvalue weighted by atomic mass is 10.0. The highest BCUT2D eigenvalue weighted by Gasteiger charge is 1.98. The Morgan fingerprint density at radius 2 is 1.87 bits per heavy atom. The summed E-state index contributed by atoms with van der Waals surface area (Å²) in [5.74, 6) is 2.21. The molecule has 0 aliphatic heterocycles. The maximum atomic E-state index is 5.54. The van der Waals surface area contributed by atoms with E-state index in [0.29, 0.717) is 11.8 Å². The largest absolute Gasteiger partial charge is 0.122 e. The second-order valence-electron chi connectivity index (χ2n) is 3.66. The molecule has 15 heavy (non-hydrogen) atoms. The molecule has 0 amide bonds. The summed E-state index contributed by atoms with van der Waals surface area (Å²) in [4.78, 5) is 1.32. The van der Waals surface area contributed by atoms with Crippen LogP contribution in [0.5, 0.6) is 0 Å². The highest BCUT2D eigenvalue weighted by Crippen LogP contribution is 2.21. The van der Waals surface area contributed by atoms with Gasteiger partial charge in [-0.15, -0.1) is 23.4 Å². The summed E-state index contributed by atoms with van der Waals surface area (Å²) in [5, 5.41) is 0. The molecule has 0 nitrogen and oxygen atoms in total. The van der Waals surface area contributed by atoms with Crippen molar-refractivity contribution in [3.05, 3.63) is 42.0 Å².